The first-order valence-corrected chi connectivity index (χ1v) is 6.47. The first-order valence-electron chi connectivity index (χ1n) is 6.02. The number of thiol groups is 1. The van der Waals surface area contributed by atoms with Gasteiger partial charge in [-0.2, -0.15) is 12.6 Å². The third kappa shape index (κ3) is 3.82. The molecule has 3 unspecified atom stereocenters. The minimum atomic E-state index is 0.0558. The molecule has 1 aliphatic carbocycles. The minimum Gasteiger partial charge on any atom is -0.300 e. The van der Waals surface area contributed by atoms with Crippen molar-refractivity contribution in [3.05, 3.63) is 0 Å². The Morgan fingerprint density at radius 3 is 2.47 bits per heavy atom. The van der Waals surface area contributed by atoms with Gasteiger partial charge in [0.2, 0.25) is 0 Å². The maximum atomic E-state index is 11.3. The number of hydrogen-bond donors (Lipinski definition) is 1. The van der Waals surface area contributed by atoms with Gasteiger partial charge in [-0.05, 0) is 37.5 Å². The summed E-state index contributed by atoms with van der Waals surface area (Å²) in [5.74, 6) is 2.26. The van der Waals surface area contributed by atoms with E-state index in [1.165, 1.54) is 19.3 Å². The molecule has 0 aromatic carbocycles. The van der Waals surface area contributed by atoms with Crippen molar-refractivity contribution in [3.8, 4) is 0 Å². The largest absolute Gasteiger partial charge is 0.300 e. The molecule has 88 valence electrons. The first-order chi connectivity index (χ1) is 6.80. The molecule has 0 aliphatic heterocycles. The summed E-state index contributed by atoms with van der Waals surface area (Å²) < 4.78 is 0.0558. The summed E-state index contributed by atoms with van der Waals surface area (Å²) >= 11 is 4.70. The minimum absolute atomic E-state index is 0.0558. The van der Waals surface area contributed by atoms with Crippen molar-refractivity contribution in [2.24, 2.45) is 17.8 Å². The van der Waals surface area contributed by atoms with Gasteiger partial charge in [-0.25, -0.2) is 0 Å². The van der Waals surface area contributed by atoms with E-state index in [0.717, 1.165) is 12.3 Å². The fraction of sp³-hybridized carbons (Fsp3) is 0.923. The molecule has 1 aliphatic rings. The molecule has 1 saturated carbocycles. The maximum absolute atomic E-state index is 11.3. The molecule has 1 rings (SSSR count). The molecule has 3 atom stereocenters. The maximum Gasteiger partial charge on any atom is 0.130 e. The van der Waals surface area contributed by atoms with Gasteiger partial charge in [-0.3, -0.25) is 0 Å². The number of carbonyl (C=O) groups is 1. The van der Waals surface area contributed by atoms with Crippen LogP contribution in [-0.2, 0) is 4.79 Å². The molecular formula is C13H24OS. The summed E-state index contributed by atoms with van der Waals surface area (Å²) in [6.45, 7) is 8.38. The lowest BCUT2D eigenvalue weighted by Gasteiger charge is -2.41. The van der Waals surface area contributed by atoms with E-state index in [4.69, 9.17) is 12.6 Å². The lowest BCUT2D eigenvalue weighted by molar-refractivity contribution is -0.118. The van der Waals surface area contributed by atoms with Crippen LogP contribution in [0.5, 0.6) is 0 Å². The molecule has 0 aromatic heterocycles. The quantitative estimate of drug-likeness (QED) is 0.728. The normalized spacial score (nSPS) is 32.7. The Morgan fingerprint density at radius 2 is 2.00 bits per heavy atom. The van der Waals surface area contributed by atoms with E-state index >= 15 is 0 Å². The second kappa shape index (κ2) is 4.90. The fourth-order valence-electron chi connectivity index (χ4n) is 3.02. The Hall–Kier alpha value is 0.0200. The molecule has 2 heteroatoms. The summed E-state index contributed by atoms with van der Waals surface area (Å²) in [5, 5.41) is 0. The average Bonchev–Trinajstić information content (AvgIpc) is 1.99. The molecular weight excluding hydrogens is 204 g/mol. The van der Waals surface area contributed by atoms with Crippen LogP contribution in [0.3, 0.4) is 0 Å². The van der Waals surface area contributed by atoms with Crippen molar-refractivity contribution < 1.29 is 4.79 Å². The molecule has 1 nitrogen and oxygen atoms in total. The van der Waals surface area contributed by atoms with Crippen LogP contribution < -0.4 is 0 Å². The highest BCUT2D eigenvalue weighted by molar-refractivity contribution is 7.81. The summed E-state index contributed by atoms with van der Waals surface area (Å²) in [4.78, 5) is 11.3. The van der Waals surface area contributed by atoms with Crippen molar-refractivity contribution in [3.63, 3.8) is 0 Å². The van der Waals surface area contributed by atoms with E-state index in [1.54, 1.807) is 6.92 Å². The molecule has 0 saturated heterocycles. The lowest BCUT2D eigenvalue weighted by Crippen LogP contribution is -2.37. The zero-order chi connectivity index (χ0) is 11.6. The van der Waals surface area contributed by atoms with Crippen molar-refractivity contribution in [2.75, 3.05) is 0 Å². The van der Waals surface area contributed by atoms with E-state index in [2.05, 4.69) is 20.8 Å². The van der Waals surface area contributed by atoms with E-state index < -0.39 is 0 Å². The average molecular weight is 228 g/mol. The van der Waals surface area contributed by atoms with Gasteiger partial charge in [-0.1, -0.05) is 27.2 Å². The van der Waals surface area contributed by atoms with E-state index in [0.29, 0.717) is 17.6 Å². The number of carbonyl (C=O) groups excluding carboxylic acids is 1. The Bertz CT molecular complexity index is 229. The predicted octanol–water partition coefficient (Wildman–Crippen LogP) is 3.73. The molecule has 0 amide bonds. The Kier molecular flexibility index (Phi) is 4.28. The monoisotopic (exact) mass is 228 g/mol. The Balaban J connectivity index is 2.70. The van der Waals surface area contributed by atoms with E-state index in [1.807, 2.05) is 0 Å². The SMILES string of the molecule is CC(=O)CC1CC(C)CCC1C(C)(C)S. The van der Waals surface area contributed by atoms with Crippen molar-refractivity contribution in [1.29, 1.82) is 0 Å². The zero-order valence-electron chi connectivity index (χ0n) is 10.4. The third-order valence-corrected chi connectivity index (χ3v) is 4.03. The molecule has 1 fully saturated rings. The number of hydrogen-bond acceptors (Lipinski definition) is 2. The Morgan fingerprint density at radius 1 is 1.40 bits per heavy atom. The predicted molar refractivity (Wildman–Crippen MR) is 68.4 cm³/mol. The van der Waals surface area contributed by atoms with Gasteiger partial charge < -0.3 is 4.79 Å². The third-order valence-electron chi connectivity index (χ3n) is 3.70. The highest BCUT2D eigenvalue weighted by Crippen LogP contribution is 2.43. The van der Waals surface area contributed by atoms with Gasteiger partial charge in [0, 0.05) is 11.2 Å². The first kappa shape index (κ1) is 13.1. The number of Topliss-reactive ketones (excluding diaryl/α,β-unsaturated/α-hetero) is 1. The van der Waals surface area contributed by atoms with E-state index in [9.17, 15) is 4.79 Å². The van der Waals surface area contributed by atoms with Crippen molar-refractivity contribution in [2.45, 2.75) is 58.1 Å². The molecule has 15 heavy (non-hydrogen) atoms. The van der Waals surface area contributed by atoms with Crippen molar-refractivity contribution >= 4 is 18.4 Å². The number of ketones is 1. The molecule has 0 aromatic rings. The van der Waals surface area contributed by atoms with Crippen molar-refractivity contribution in [1.82, 2.24) is 0 Å². The molecule has 0 N–H and O–H groups in total. The zero-order valence-corrected chi connectivity index (χ0v) is 11.3. The van der Waals surface area contributed by atoms with Crippen LogP contribution in [0.2, 0.25) is 0 Å². The highest BCUT2D eigenvalue weighted by Gasteiger charge is 2.37. The fourth-order valence-corrected chi connectivity index (χ4v) is 3.36. The van der Waals surface area contributed by atoms with Crippen LogP contribution in [-0.4, -0.2) is 10.5 Å². The van der Waals surface area contributed by atoms with Gasteiger partial charge >= 0.3 is 0 Å². The van der Waals surface area contributed by atoms with Gasteiger partial charge in [0.05, 0.1) is 0 Å². The number of rotatable bonds is 3. The van der Waals surface area contributed by atoms with Gasteiger partial charge in [0.25, 0.3) is 0 Å². The van der Waals surface area contributed by atoms with Crippen LogP contribution in [0.1, 0.15) is 53.4 Å². The summed E-state index contributed by atoms with van der Waals surface area (Å²) in [6, 6.07) is 0. The van der Waals surface area contributed by atoms with E-state index in [-0.39, 0.29) is 4.75 Å². The van der Waals surface area contributed by atoms with Crippen LogP contribution in [0.15, 0.2) is 0 Å². The molecule has 0 heterocycles. The lowest BCUT2D eigenvalue weighted by atomic mass is 9.68. The molecule has 0 bridgehead atoms. The summed E-state index contributed by atoms with van der Waals surface area (Å²) in [5.41, 5.74) is 0. The molecule has 0 spiro atoms. The van der Waals surface area contributed by atoms with Gasteiger partial charge in [-0.15, -0.1) is 0 Å². The van der Waals surface area contributed by atoms with Gasteiger partial charge in [0.15, 0.2) is 0 Å². The van der Waals surface area contributed by atoms with Gasteiger partial charge in [0.1, 0.15) is 5.78 Å². The Labute approximate surface area is 99.4 Å². The summed E-state index contributed by atoms with van der Waals surface area (Å²) in [7, 11) is 0. The van der Waals surface area contributed by atoms with Crippen LogP contribution >= 0.6 is 12.6 Å². The van der Waals surface area contributed by atoms with Crippen LogP contribution in [0.4, 0.5) is 0 Å². The second-order valence-corrected chi connectivity index (χ2v) is 7.00. The van der Waals surface area contributed by atoms with Crippen LogP contribution in [0.25, 0.3) is 0 Å². The topological polar surface area (TPSA) is 17.1 Å². The second-order valence-electron chi connectivity index (χ2n) is 5.84. The highest BCUT2D eigenvalue weighted by atomic mass is 32.1. The molecule has 0 radical (unpaired) electrons. The smallest absolute Gasteiger partial charge is 0.130 e. The van der Waals surface area contributed by atoms with Crippen LogP contribution in [0, 0.1) is 17.8 Å². The summed E-state index contributed by atoms with van der Waals surface area (Å²) in [6.07, 6.45) is 4.48. The standard InChI is InChI=1S/C13H24OS/c1-9-5-6-12(13(3,4)15)11(7-9)8-10(2)14/h9,11-12,15H,5-8H2,1-4H3.